The van der Waals surface area contributed by atoms with Gasteiger partial charge in [0.05, 0.1) is 0 Å². The number of hydrogen-bond acceptors (Lipinski definition) is 5. The molecule has 5 heteroatoms. The minimum Gasteiger partial charge on any atom is -0.435 e. The molecule has 0 saturated carbocycles. The number of aromatic nitrogens is 4. The van der Waals surface area contributed by atoms with E-state index in [1.807, 2.05) is 66.7 Å². The van der Waals surface area contributed by atoms with Crippen LogP contribution in [0.15, 0.2) is 211 Å². The van der Waals surface area contributed by atoms with E-state index in [0.717, 1.165) is 71.9 Å². The van der Waals surface area contributed by atoms with Crippen molar-refractivity contribution in [2.24, 2.45) is 0 Å². The maximum atomic E-state index is 6.54. The van der Waals surface area contributed by atoms with Gasteiger partial charge in [0, 0.05) is 27.6 Å². The van der Waals surface area contributed by atoms with E-state index < -0.39 is 0 Å². The lowest BCUT2D eigenvalue weighted by atomic mass is 9.91. The number of oxazole rings is 1. The highest BCUT2D eigenvalue weighted by Crippen LogP contribution is 2.41. The summed E-state index contributed by atoms with van der Waals surface area (Å²) in [6, 6.07) is 71.2. The molecule has 2 heterocycles. The van der Waals surface area contributed by atoms with E-state index in [9.17, 15) is 0 Å². The van der Waals surface area contributed by atoms with Crippen molar-refractivity contribution in [1.82, 2.24) is 19.9 Å². The van der Waals surface area contributed by atoms with Gasteiger partial charge in [-0.25, -0.2) is 19.9 Å². The van der Waals surface area contributed by atoms with Crippen LogP contribution in [0, 0.1) is 0 Å². The molecule has 9 aromatic carbocycles. The Kier molecular flexibility index (Phi) is 8.41. The zero-order valence-corrected chi connectivity index (χ0v) is 31.8. The van der Waals surface area contributed by atoms with Gasteiger partial charge in [-0.1, -0.05) is 182 Å². The van der Waals surface area contributed by atoms with Crippen LogP contribution < -0.4 is 0 Å². The number of nitrogens with zero attached hydrogens (tertiary/aromatic N) is 4. The summed E-state index contributed by atoms with van der Waals surface area (Å²) in [5.41, 5.74) is 12.0. The molecular weight excluding hydrogens is 721 g/mol. The third-order valence-electron chi connectivity index (χ3n) is 11.0. The highest BCUT2D eigenvalue weighted by atomic mass is 16.3. The van der Waals surface area contributed by atoms with Gasteiger partial charge in [-0.2, -0.15) is 0 Å². The Morgan fingerprint density at radius 3 is 1.61 bits per heavy atom. The predicted octanol–water partition coefficient (Wildman–Crippen LogP) is 14.0. The molecule has 0 amide bonds. The first kappa shape index (κ1) is 34.2. The van der Waals surface area contributed by atoms with E-state index in [1.165, 1.54) is 16.3 Å². The lowest BCUT2D eigenvalue weighted by molar-refractivity contribution is 0.623. The van der Waals surface area contributed by atoms with Crippen molar-refractivity contribution < 1.29 is 4.42 Å². The predicted molar refractivity (Wildman–Crippen MR) is 240 cm³/mol. The average Bonchev–Trinajstić information content (AvgIpc) is 3.77. The normalized spacial score (nSPS) is 11.4. The molecule has 0 saturated heterocycles. The molecule has 0 atom stereocenters. The first-order valence-electron chi connectivity index (χ1n) is 19.7. The minimum atomic E-state index is 0.611. The molecule has 0 aliphatic rings. The highest BCUT2D eigenvalue weighted by Gasteiger charge is 2.18. The monoisotopic (exact) mass is 754 g/mol. The van der Waals surface area contributed by atoms with Crippen molar-refractivity contribution in [1.29, 1.82) is 0 Å². The van der Waals surface area contributed by atoms with Crippen LogP contribution in [-0.4, -0.2) is 19.9 Å². The van der Waals surface area contributed by atoms with Crippen LogP contribution in [0.1, 0.15) is 0 Å². The van der Waals surface area contributed by atoms with Gasteiger partial charge in [0.1, 0.15) is 5.52 Å². The summed E-state index contributed by atoms with van der Waals surface area (Å²) < 4.78 is 6.54. The van der Waals surface area contributed by atoms with Crippen LogP contribution >= 0.6 is 0 Å². The molecule has 0 spiro atoms. The molecular formula is C54H34N4O. The van der Waals surface area contributed by atoms with Gasteiger partial charge >= 0.3 is 0 Å². The fourth-order valence-corrected chi connectivity index (χ4v) is 8.11. The van der Waals surface area contributed by atoms with Crippen LogP contribution in [0.2, 0.25) is 0 Å². The largest absolute Gasteiger partial charge is 0.435 e. The smallest absolute Gasteiger partial charge is 0.227 e. The first-order chi connectivity index (χ1) is 29.2. The van der Waals surface area contributed by atoms with Gasteiger partial charge in [0.15, 0.2) is 23.1 Å². The third-order valence-corrected chi connectivity index (χ3v) is 11.0. The van der Waals surface area contributed by atoms with Gasteiger partial charge in [-0.15, -0.1) is 0 Å². The summed E-state index contributed by atoms with van der Waals surface area (Å²) in [6.07, 6.45) is 0. The van der Waals surface area contributed by atoms with Crippen LogP contribution in [0.3, 0.4) is 0 Å². The summed E-state index contributed by atoms with van der Waals surface area (Å²) in [4.78, 5) is 20.1. The zero-order valence-electron chi connectivity index (χ0n) is 31.8. The van der Waals surface area contributed by atoms with Gasteiger partial charge in [0.2, 0.25) is 5.89 Å². The highest BCUT2D eigenvalue weighted by molar-refractivity contribution is 6.12. The lowest BCUT2D eigenvalue weighted by Crippen LogP contribution is -2.00. The number of fused-ring (bicyclic) bond motifs is 4. The van der Waals surface area contributed by atoms with Crippen LogP contribution in [-0.2, 0) is 0 Å². The third kappa shape index (κ3) is 6.32. The van der Waals surface area contributed by atoms with Crippen molar-refractivity contribution >= 4 is 32.6 Å². The molecule has 0 N–H and O–H groups in total. The van der Waals surface area contributed by atoms with Crippen molar-refractivity contribution in [2.45, 2.75) is 0 Å². The molecule has 0 unspecified atom stereocenters. The van der Waals surface area contributed by atoms with Gasteiger partial charge in [0.25, 0.3) is 0 Å². The fraction of sp³-hybridized carbons (Fsp3) is 0. The number of rotatable bonds is 7. The van der Waals surface area contributed by atoms with Crippen molar-refractivity contribution in [2.75, 3.05) is 0 Å². The quantitative estimate of drug-likeness (QED) is 0.162. The van der Waals surface area contributed by atoms with Crippen molar-refractivity contribution in [3.05, 3.63) is 206 Å². The van der Waals surface area contributed by atoms with Gasteiger partial charge in [-0.3, -0.25) is 0 Å². The Morgan fingerprint density at radius 2 is 0.831 bits per heavy atom. The zero-order chi connectivity index (χ0) is 39.1. The number of benzene rings is 9. The van der Waals surface area contributed by atoms with E-state index in [1.54, 1.807) is 0 Å². The van der Waals surface area contributed by atoms with Crippen LogP contribution in [0.5, 0.6) is 0 Å². The molecule has 0 radical (unpaired) electrons. The molecule has 276 valence electrons. The van der Waals surface area contributed by atoms with Crippen molar-refractivity contribution in [3.8, 4) is 79.0 Å². The van der Waals surface area contributed by atoms with E-state index in [4.69, 9.17) is 24.4 Å². The molecule has 0 aliphatic carbocycles. The Hall–Kier alpha value is -8.02. The average molecular weight is 755 g/mol. The molecule has 11 rings (SSSR count). The Bertz CT molecular complexity index is 3310. The summed E-state index contributed by atoms with van der Waals surface area (Å²) in [6.45, 7) is 0. The Labute approximate surface area is 341 Å². The second-order valence-electron chi connectivity index (χ2n) is 14.6. The lowest BCUT2D eigenvalue weighted by Gasteiger charge is -2.14. The molecule has 0 bridgehead atoms. The Balaban J connectivity index is 0.997. The van der Waals surface area contributed by atoms with E-state index in [-0.39, 0.29) is 0 Å². The second kappa shape index (κ2) is 14.5. The summed E-state index contributed by atoms with van der Waals surface area (Å²) >= 11 is 0. The topological polar surface area (TPSA) is 64.7 Å². The van der Waals surface area contributed by atoms with Gasteiger partial charge < -0.3 is 4.42 Å². The summed E-state index contributed by atoms with van der Waals surface area (Å²) in [5.74, 6) is 2.47. The van der Waals surface area contributed by atoms with Crippen molar-refractivity contribution in [3.63, 3.8) is 0 Å². The second-order valence-corrected chi connectivity index (χ2v) is 14.6. The summed E-state index contributed by atoms with van der Waals surface area (Å²) in [7, 11) is 0. The van der Waals surface area contributed by atoms with Crippen LogP contribution in [0.25, 0.3) is 112 Å². The standard InChI is InChI=1S/C54H34N4O/c1-3-15-38(16-4-1)51-56-52(58-53(57-51)42-22-11-21-41(34-42)45-26-12-19-35-14-7-8-23-43(35)45)39-30-28-36(29-31-39)44-24-9-10-25-46(44)47-27-13-20-37-32-33-48-50(49(37)47)59-54(55-48)40-17-5-2-6-18-40/h1-34H. The Morgan fingerprint density at radius 1 is 0.305 bits per heavy atom. The van der Waals surface area contributed by atoms with E-state index in [2.05, 4.69) is 140 Å². The minimum absolute atomic E-state index is 0.611. The fourth-order valence-electron chi connectivity index (χ4n) is 8.11. The SMILES string of the molecule is c1ccc(-c2nc(-c3ccc(-c4ccccc4-c4cccc5ccc6nc(-c7ccccc7)oc6c45)cc3)nc(-c3cccc(-c4cccc5ccccc45)c3)n2)cc1. The molecule has 0 fully saturated rings. The van der Waals surface area contributed by atoms with E-state index in [0.29, 0.717) is 23.4 Å². The van der Waals surface area contributed by atoms with Crippen LogP contribution in [0.4, 0.5) is 0 Å². The molecule has 2 aromatic heterocycles. The maximum Gasteiger partial charge on any atom is 0.227 e. The molecule has 5 nitrogen and oxygen atoms in total. The van der Waals surface area contributed by atoms with Gasteiger partial charge in [-0.05, 0) is 73.8 Å². The van der Waals surface area contributed by atoms with E-state index >= 15 is 0 Å². The summed E-state index contributed by atoms with van der Waals surface area (Å²) in [5, 5.41) is 4.55. The molecule has 11 aromatic rings. The maximum absolute atomic E-state index is 6.54. The molecule has 0 aliphatic heterocycles. The first-order valence-corrected chi connectivity index (χ1v) is 19.7. The molecule has 59 heavy (non-hydrogen) atoms. The number of hydrogen-bond donors (Lipinski definition) is 0.